The highest BCUT2D eigenvalue weighted by Gasteiger charge is 2.43. The number of aromatic nitrogens is 2. The molecule has 9 nitrogen and oxygen atoms in total. The number of amides is 1. The first-order valence-electron chi connectivity index (χ1n) is 12.7. The normalized spacial score (nSPS) is 17.6. The molecule has 2 atom stereocenters. The van der Waals surface area contributed by atoms with Crippen LogP contribution in [0.5, 0.6) is 5.75 Å². The Balaban J connectivity index is 1.62. The van der Waals surface area contributed by atoms with Crippen LogP contribution in [0.2, 0.25) is 0 Å². The van der Waals surface area contributed by atoms with E-state index in [0.717, 1.165) is 29.5 Å². The molecule has 38 heavy (non-hydrogen) atoms. The largest absolute Gasteiger partial charge is 0.488 e. The average Bonchev–Trinajstić information content (AvgIpc) is 3.41. The number of benzene rings is 2. The van der Waals surface area contributed by atoms with E-state index in [1.54, 1.807) is 31.5 Å². The molecule has 1 aromatic heterocycles. The monoisotopic (exact) mass is 526 g/mol. The number of nitrogens with zero attached hydrogens (tertiary/aromatic N) is 3. The van der Waals surface area contributed by atoms with Crippen molar-refractivity contribution in [2.24, 2.45) is 12.8 Å². The van der Waals surface area contributed by atoms with Crippen LogP contribution in [0.25, 0.3) is 22.0 Å². The maximum absolute atomic E-state index is 14.6. The van der Waals surface area contributed by atoms with E-state index in [1.807, 2.05) is 25.2 Å². The van der Waals surface area contributed by atoms with Crippen LogP contribution in [0.1, 0.15) is 39.3 Å². The van der Waals surface area contributed by atoms with Crippen molar-refractivity contribution in [3.8, 4) is 16.9 Å². The lowest BCUT2D eigenvalue weighted by Crippen LogP contribution is -2.44. The van der Waals surface area contributed by atoms with Gasteiger partial charge in [-0.3, -0.25) is 9.58 Å². The Hall–Kier alpha value is -3.66. The Morgan fingerprint density at radius 2 is 1.97 bits per heavy atom. The first-order valence-corrected chi connectivity index (χ1v) is 12.7. The zero-order valence-electron chi connectivity index (χ0n) is 22.5. The van der Waals surface area contributed by atoms with E-state index in [0.29, 0.717) is 23.4 Å². The number of halogens is 1. The van der Waals surface area contributed by atoms with Gasteiger partial charge in [-0.25, -0.2) is 14.0 Å². The number of likely N-dealkylation sites (tertiary alicyclic amines) is 1. The standard InChI is InChI=1S/C28H35FN4O5/c1-28(2,3)38-27(35)33-16-20(15-24(33)26(34)36-5)37-19-9-6-8-17(12-19)21-13-18(29)14-22-25(21)23(10-7-11-30)32(4)31-22/h6,8-9,12-14,20,24H,7,10-11,15-16,30H2,1-5H3/t20-,24-/m0/s1. The van der Waals surface area contributed by atoms with Gasteiger partial charge in [0, 0.05) is 30.6 Å². The van der Waals surface area contributed by atoms with Crippen LogP contribution in [0.3, 0.4) is 0 Å². The zero-order chi connectivity index (χ0) is 27.6. The minimum atomic E-state index is -0.814. The van der Waals surface area contributed by atoms with Crippen molar-refractivity contribution in [3.63, 3.8) is 0 Å². The van der Waals surface area contributed by atoms with Gasteiger partial charge in [0.1, 0.15) is 29.3 Å². The van der Waals surface area contributed by atoms with E-state index in [2.05, 4.69) is 5.10 Å². The molecule has 2 N–H and O–H groups in total. The number of fused-ring (bicyclic) bond motifs is 1. The van der Waals surface area contributed by atoms with Crippen LogP contribution in [0, 0.1) is 5.82 Å². The van der Waals surface area contributed by atoms with E-state index in [9.17, 15) is 14.0 Å². The van der Waals surface area contributed by atoms with E-state index < -0.39 is 29.8 Å². The molecule has 1 saturated heterocycles. The molecule has 0 aliphatic carbocycles. The SMILES string of the molecule is COC(=O)[C@@H]1C[C@H](Oc2cccc(-c3cc(F)cc4nn(C)c(CCCN)c34)c2)CN1C(=O)OC(C)(C)C. The van der Waals surface area contributed by atoms with Crippen LogP contribution in [-0.2, 0) is 27.7 Å². The number of carbonyl (C=O) groups is 2. The lowest BCUT2D eigenvalue weighted by atomic mass is 9.98. The number of rotatable bonds is 7. The molecule has 1 amide bonds. The minimum absolute atomic E-state index is 0.162. The van der Waals surface area contributed by atoms with Gasteiger partial charge in [0.15, 0.2) is 0 Å². The molecule has 4 rings (SSSR count). The fraction of sp³-hybridized carbons (Fsp3) is 0.464. The molecule has 1 aliphatic rings. The average molecular weight is 527 g/mol. The summed E-state index contributed by atoms with van der Waals surface area (Å²) in [7, 11) is 3.13. The van der Waals surface area contributed by atoms with Gasteiger partial charge in [-0.2, -0.15) is 5.10 Å². The van der Waals surface area contributed by atoms with Crippen LogP contribution in [-0.4, -0.2) is 64.7 Å². The van der Waals surface area contributed by atoms with Crippen LogP contribution in [0.4, 0.5) is 9.18 Å². The van der Waals surface area contributed by atoms with Crippen molar-refractivity contribution in [2.75, 3.05) is 20.2 Å². The third kappa shape index (κ3) is 5.91. The Labute approximate surface area is 221 Å². The number of ether oxygens (including phenoxy) is 3. The molecule has 10 heteroatoms. The Morgan fingerprint density at radius 3 is 2.66 bits per heavy atom. The number of aryl methyl sites for hydroxylation is 2. The fourth-order valence-electron chi connectivity index (χ4n) is 4.84. The molecule has 1 fully saturated rings. The molecule has 0 bridgehead atoms. The quantitative estimate of drug-likeness (QED) is 0.460. The first-order chi connectivity index (χ1) is 18.0. The van der Waals surface area contributed by atoms with Crippen molar-refractivity contribution in [3.05, 3.63) is 47.9 Å². The number of methoxy groups -OCH3 is 1. The second kappa shape index (κ2) is 11.0. The number of hydrogen-bond donors (Lipinski definition) is 1. The molecular formula is C28H35FN4O5. The second-order valence-corrected chi connectivity index (χ2v) is 10.5. The molecule has 2 aromatic carbocycles. The van der Waals surface area contributed by atoms with E-state index in [4.69, 9.17) is 19.9 Å². The van der Waals surface area contributed by atoms with Crippen molar-refractivity contribution in [1.29, 1.82) is 0 Å². The molecule has 0 unspecified atom stereocenters. The molecule has 0 radical (unpaired) electrons. The maximum Gasteiger partial charge on any atom is 0.411 e. The molecule has 204 valence electrons. The Morgan fingerprint density at radius 1 is 1.21 bits per heavy atom. The summed E-state index contributed by atoms with van der Waals surface area (Å²) in [4.78, 5) is 26.6. The minimum Gasteiger partial charge on any atom is -0.488 e. The second-order valence-electron chi connectivity index (χ2n) is 10.5. The summed E-state index contributed by atoms with van der Waals surface area (Å²) < 4.78 is 33.0. The fourth-order valence-corrected chi connectivity index (χ4v) is 4.84. The van der Waals surface area contributed by atoms with Crippen molar-refractivity contribution >= 4 is 23.0 Å². The zero-order valence-corrected chi connectivity index (χ0v) is 22.5. The third-order valence-electron chi connectivity index (χ3n) is 6.45. The van der Waals surface area contributed by atoms with Crippen molar-refractivity contribution < 1.29 is 28.2 Å². The summed E-state index contributed by atoms with van der Waals surface area (Å²) in [6, 6.07) is 9.46. The van der Waals surface area contributed by atoms with Crippen LogP contribution < -0.4 is 10.5 Å². The topological polar surface area (TPSA) is 109 Å². The van der Waals surface area contributed by atoms with Gasteiger partial charge in [0.05, 0.1) is 19.2 Å². The number of carbonyl (C=O) groups excluding carboxylic acids is 2. The third-order valence-corrected chi connectivity index (χ3v) is 6.45. The molecule has 0 spiro atoms. The van der Waals surface area contributed by atoms with E-state index in [1.165, 1.54) is 24.1 Å². The predicted octanol–water partition coefficient (Wildman–Crippen LogP) is 4.20. The predicted molar refractivity (Wildman–Crippen MR) is 141 cm³/mol. The summed E-state index contributed by atoms with van der Waals surface area (Å²) >= 11 is 0. The van der Waals surface area contributed by atoms with Gasteiger partial charge in [-0.05, 0) is 69.5 Å². The van der Waals surface area contributed by atoms with Crippen LogP contribution in [0.15, 0.2) is 36.4 Å². The van der Waals surface area contributed by atoms with Gasteiger partial charge in [-0.1, -0.05) is 12.1 Å². The highest BCUT2D eigenvalue weighted by molar-refractivity contribution is 5.97. The molecular weight excluding hydrogens is 491 g/mol. The lowest BCUT2D eigenvalue weighted by molar-refractivity contribution is -0.145. The highest BCUT2D eigenvalue weighted by Crippen LogP contribution is 2.35. The number of hydrogen-bond acceptors (Lipinski definition) is 7. The summed E-state index contributed by atoms with van der Waals surface area (Å²) in [5.41, 5.74) is 8.06. The Bertz CT molecular complexity index is 1330. The van der Waals surface area contributed by atoms with Gasteiger partial charge in [0.25, 0.3) is 0 Å². The molecule has 0 saturated carbocycles. The lowest BCUT2D eigenvalue weighted by Gasteiger charge is -2.27. The smallest absolute Gasteiger partial charge is 0.411 e. The summed E-state index contributed by atoms with van der Waals surface area (Å²) in [6.07, 6.45) is 0.692. The highest BCUT2D eigenvalue weighted by atomic mass is 19.1. The number of nitrogens with two attached hydrogens (primary N) is 1. The maximum atomic E-state index is 14.6. The van der Waals surface area contributed by atoms with E-state index >= 15 is 0 Å². The van der Waals surface area contributed by atoms with Gasteiger partial charge >= 0.3 is 12.1 Å². The van der Waals surface area contributed by atoms with E-state index in [-0.39, 0.29) is 18.8 Å². The Kier molecular flexibility index (Phi) is 7.91. The number of esters is 1. The van der Waals surface area contributed by atoms with Crippen molar-refractivity contribution in [1.82, 2.24) is 14.7 Å². The molecule has 2 heterocycles. The van der Waals surface area contributed by atoms with Gasteiger partial charge < -0.3 is 19.9 Å². The van der Waals surface area contributed by atoms with Gasteiger partial charge in [0.2, 0.25) is 0 Å². The van der Waals surface area contributed by atoms with Gasteiger partial charge in [-0.15, -0.1) is 0 Å². The van der Waals surface area contributed by atoms with Crippen LogP contribution >= 0.6 is 0 Å². The van der Waals surface area contributed by atoms with Crippen molar-refractivity contribution in [2.45, 2.75) is 57.8 Å². The summed E-state index contributed by atoms with van der Waals surface area (Å²) in [5.74, 6) is -0.376. The molecule has 1 aliphatic heterocycles. The summed E-state index contributed by atoms with van der Waals surface area (Å²) in [6.45, 7) is 6.00. The first kappa shape index (κ1) is 27.4. The molecule has 3 aromatic rings. The summed E-state index contributed by atoms with van der Waals surface area (Å²) in [5, 5.41) is 5.39.